The number of nitro groups is 1. The predicted molar refractivity (Wildman–Crippen MR) is 116 cm³/mol. The molecule has 0 saturated carbocycles. The van der Waals surface area contributed by atoms with Crippen LogP contribution in [0.15, 0.2) is 54.6 Å². The molecule has 0 spiro atoms. The van der Waals surface area contributed by atoms with Gasteiger partial charge in [-0.25, -0.2) is 4.39 Å². The minimum atomic E-state index is -0.494. The van der Waals surface area contributed by atoms with Crippen molar-refractivity contribution in [2.24, 2.45) is 0 Å². The minimum Gasteiger partial charge on any atom is -0.326 e. The fraction of sp³-hybridized carbons (Fsp3) is 0.273. The Morgan fingerprint density at radius 3 is 2.71 bits per heavy atom. The number of hydrogen-bond donors (Lipinski definition) is 2. The molecule has 0 aliphatic rings. The quantitative estimate of drug-likeness (QED) is 0.377. The maximum atomic E-state index is 13.0. The molecule has 8 nitrogen and oxygen atoms in total. The van der Waals surface area contributed by atoms with Crippen molar-refractivity contribution in [2.75, 3.05) is 25.5 Å². The summed E-state index contributed by atoms with van der Waals surface area (Å²) >= 11 is 0. The molecule has 0 aliphatic heterocycles. The Balaban J connectivity index is 1.38. The van der Waals surface area contributed by atoms with Crippen molar-refractivity contribution in [3.63, 3.8) is 0 Å². The second-order valence-corrected chi connectivity index (χ2v) is 7.30. The first-order valence-corrected chi connectivity index (χ1v) is 9.94. The average molecular weight is 425 g/mol. The van der Waals surface area contributed by atoms with E-state index in [4.69, 9.17) is 0 Å². The van der Waals surface area contributed by atoms with Crippen LogP contribution in [0.1, 0.15) is 18.5 Å². The van der Waals surface area contributed by atoms with E-state index in [-0.39, 0.29) is 23.8 Å². The number of anilines is 1. The van der Waals surface area contributed by atoms with Crippen LogP contribution in [0.4, 0.5) is 15.8 Å². The number of H-pyrrole nitrogens is 1. The number of aryl methyl sites for hydroxylation is 1. The molecule has 3 aromatic rings. The molecule has 1 heterocycles. The van der Waals surface area contributed by atoms with E-state index in [2.05, 4.69) is 20.4 Å². The Morgan fingerprint density at radius 1 is 1.19 bits per heavy atom. The molecule has 162 valence electrons. The zero-order chi connectivity index (χ0) is 22.2. The van der Waals surface area contributed by atoms with Crippen molar-refractivity contribution < 1.29 is 14.1 Å². The summed E-state index contributed by atoms with van der Waals surface area (Å²) in [6.45, 7) is 1.37. The van der Waals surface area contributed by atoms with E-state index >= 15 is 0 Å². The first-order chi connectivity index (χ1) is 14.9. The molecule has 1 amide bonds. The van der Waals surface area contributed by atoms with E-state index in [1.165, 1.54) is 30.3 Å². The molecule has 2 aromatic carbocycles. The van der Waals surface area contributed by atoms with Gasteiger partial charge in [0, 0.05) is 42.0 Å². The zero-order valence-corrected chi connectivity index (χ0v) is 17.2. The molecule has 0 aliphatic carbocycles. The molecule has 0 bridgehead atoms. The summed E-state index contributed by atoms with van der Waals surface area (Å²) in [7, 11) is 1.94. The molecule has 3 rings (SSSR count). The lowest BCUT2D eigenvalue weighted by Gasteiger charge is -2.16. The van der Waals surface area contributed by atoms with E-state index in [1.807, 2.05) is 13.1 Å². The maximum absolute atomic E-state index is 13.0. The van der Waals surface area contributed by atoms with Gasteiger partial charge in [0.15, 0.2) is 0 Å². The monoisotopic (exact) mass is 425 g/mol. The molecule has 0 saturated heterocycles. The summed E-state index contributed by atoms with van der Waals surface area (Å²) in [4.78, 5) is 24.5. The van der Waals surface area contributed by atoms with Crippen molar-refractivity contribution >= 4 is 17.3 Å². The number of halogens is 1. The van der Waals surface area contributed by atoms with Gasteiger partial charge in [0.2, 0.25) is 5.91 Å². The third kappa shape index (κ3) is 6.71. The highest BCUT2D eigenvalue weighted by atomic mass is 19.1. The highest BCUT2D eigenvalue weighted by Gasteiger charge is 2.10. The molecule has 9 heteroatoms. The number of aromatic amines is 1. The highest BCUT2D eigenvalue weighted by molar-refractivity contribution is 5.91. The molecule has 0 radical (unpaired) electrons. The van der Waals surface area contributed by atoms with Gasteiger partial charge in [-0.2, -0.15) is 5.10 Å². The van der Waals surface area contributed by atoms with Gasteiger partial charge in [-0.05, 0) is 62.8 Å². The van der Waals surface area contributed by atoms with Crippen LogP contribution in [-0.2, 0) is 11.2 Å². The molecule has 31 heavy (non-hydrogen) atoms. The van der Waals surface area contributed by atoms with Crippen molar-refractivity contribution in [2.45, 2.75) is 19.3 Å². The third-order valence-electron chi connectivity index (χ3n) is 4.82. The lowest BCUT2D eigenvalue weighted by atomic mass is 10.1. The number of aromatic nitrogens is 2. The topological polar surface area (TPSA) is 104 Å². The van der Waals surface area contributed by atoms with Gasteiger partial charge in [-0.1, -0.05) is 6.07 Å². The first-order valence-electron chi connectivity index (χ1n) is 9.94. The summed E-state index contributed by atoms with van der Waals surface area (Å²) in [6.07, 6.45) is 1.98. The Labute approximate surface area is 179 Å². The van der Waals surface area contributed by atoms with Crippen LogP contribution in [0.2, 0.25) is 0 Å². The van der Waals surface area contributed by atoms with Crippen LogP contribution in [0.25, 0.3) is 11.3 Å². The largest absolute Gasteiger partial charge is 0.326 e. The van der Waals surface area contributed by atoms with E-state index in [1.54, 1.807) is 18.2 Å². The fourth-order valence-corrected chi connectivity index (χ4v) is 3.12. The maximum Gasteiger partial charge on any atom is 0.271 e. The van der Waals surface area contributed by atoms with Gasteiger partial charge in [0.25, 0.3) is 5.69 Å². The summed E-state index contributed by atoms with van der Waals surface area (Å²) in [5.74, 6) is -0.467. The van der Waals surface area contributed by atoms with Crippen LogP contribution in [0.5, 0.6) is 0 Å². The number of nitrogens with one attached hydrogen (secondary N) is 2. The van der Waals surface area contributed by atoms with Gasteiger partial charge in [0.1, 0.15) is 5.82 Å². The van der Waals surface area contributed by atoms with E-state index in [9.17, 15) is 19.3 Å². The number of carbonyl (C=O) groups excluding carboxylic acids is 1. The van der Waals surface area contributed by atoms with Crippen molar-refractivity contribution in [3.8, 4) is 11.3 Å². The third-order valence-corrected chi connectivity index (χ3v) is 4.82. The molecule has 0 atom stereocenters. The highest BCUT2D eigenvalue weighted by Crippen LogP contribution is 2.19. The first kappa shape index (κ1) is 22.1. The number of carbonyl (C=O) groups is 1. The number of hydrogen-bond acceptors (Lipinski definition) is 5. The smallest absolute Gasteiger partial charge is 0.271 e. The molecular weight excluding hydrogens is 401 g/mol. The Kier molecular flexibility index (Phi) is 7.45. The lowest BCUT2D eigenvalue weighted by molar-refractivity contribution is -0.384. The number of rotatable bonds is 10. The van der Waals surface area contributed by atoms with Gasteiger partial charge < -0.3 is 10.2 Å². The minimum absolute atomic E-state index is 0.0590. The van der Waals surface area contributed by atoms with Crippen LogP contribution in [0, 0.1) is 15.9 Å². The molecule has 0 fully saturated rings. The molecule has 1 aromatic heterocycles. The van der Waals surface area contributed by atoms with Crippen LogP contribution in [0.3, 0.4) is 0 Å². The lowest BCUT2D eigenvalue weighted by Crippen LogP contribution is -2.25. The fourth-order valence-electron chi connectivity index (χ4n) is 3.12. The number of benzene rings is 2. The second-order valence-electron chi connectivity index (χ2n) is 7.30. The standard InChI is InChI=1S/C22H24FN5O3/c1-27(13-11-22(29)24-18-4-2-6-20(14-18)28(30)31)12-3-5-19-15-21(26-25-19)16-7-9-17(23)10-8-16/h2,4,6-10,14-15H,3,5,11-13H2,1H3,(H,24,29)(H,25,26). The summed E-state index contributed by atoms with van der Waals surface area (Å²) in [6, 6.07) is 14.1. The summed E-state index contributed by atoms with van der Waals surface area (Å²) < 4.78 is 13.0. The second kappa shape index (κ2) is 10.4. The van der Waals surface area contributed by atoms with Crippen molar-refractivity contribution in [1.29, 1.82) is 0 Å². The van der Waals surface area contributed by atoms with Crippen LogP contribution < -0.4 is 5.32 Å². The van der Waals surface area contributed by atoms with Gasteiger partial charge in [-0.3, -0.25) is 20.0 Å². The number of nitro benzene ring substituents is 1. The molecule has 2 N–H and O–H groups in total. The number of non-ortho nitro benzene ring substituents is 1. The summed E-state index contributed by atoms with van der Waals surface area (Å²) in [5.41, 5.74) is 2.99. The van der Waals surface area contributed by atoms with E-state index < -0.39 is 4.92 Å². The summed E-state index contributed by atoms with van der Waals surface area (Å²) in [5, 5.41) is 20.8. The zero-order valence-electron chi connectivity index (χ0n) is 17.2. The van der Waals surface area contributed by atoms with Crippen LogP contribution in [-0.4, -0.2) is 46.1 Å². The molecular formula is C22H24FN5O3. The Morgan fingerprint density at radius 2 is 1.97 bits per heavy atom. The average Bonchev–Trinajstić information content (AvgIpc) is 3.22. The SMILES string of the molecule is CN(CCCc1cc(-c2ccc(F)cc2)n[nH]1)CCC(=O)Nc1cccc([N+](=O)[O-])c1. The van der Waals surface area contributed by atoms with Crippen molar-refractivity contribution in [1.82, 2.24) is 15.1 Å². The van der Waals surface area contributed by atoms with Gasteiger partial charge in [0.05, 0.1) is 10.6 Å². The number of amides is 1. The van der Waals surface area contributed by atoms with Crippen molar-refractivity contribution in [3.05, 3.63) is 76.2 Å². The molecule has 0 unspecified atom stereocenters. The Bertz CT molecular complexity index is 1040. The number of nitrogens with zero attached hydrogens (tertiary/aromatic N) is 3. The van der Waals surface area contributed by atoms with E-state index in [0.717, 1.165) is 36.3 Å². The van der Waals surface area contributed by atoms with Crippen LogP contribution >= 0.6 is 0 Å². The Hall–Kier alpha value is -3.59. The van der Waals surface area contributed by atoms with Gasteiger partial charge >= 0.3 is 0 Å². The van der Waals surface area contributed by atoms with E-state index in [0.29, 0.717) is 12.2 Å². The predicted octanol–water partition coefficient (Wildman–Crippen LogP) is 4.02. The normalized spacial score (nSPS) is 10.9. The van der Waals surface area contributed by atoms with Gasteiger partial charge in [-0.15, -0.1) is 0 Å².